The molecule has 2 heterocycles. The topological polar surface area (TPSA) is 61.7 Å². The van der Waals surface area contributed by atoms with Crippen molar-refractivity contribution in [1.29, 1.82) is 0 Å². The first-order valence-corrected chi connectivity index (χ1v) is 12.3. The second-order valence-corrected chi connectivity index (χ2v) is 9.10. The largest absolute Gasteiger partial charge is 0.491 e. The molecule has 1 aliphatic heterocycles. The predicted molar refractivity (Wildman–Crippen MR) is 137 cm³/mol. The third-order valence-electron chi connectivity index (χ3n) is 6.35. The molecule has 2 aromatic carbocycles. The first-order chi connectivity index (χ1) is 16.5. The average molecular weight is 461 g/mol. The molecule has 1 aromatic heterocycles. The smallest absolute Gasteiger partial charge is 0.136 e. The van der Waals surface area contributed by atoms with E-state index >= 15 is 0 Å². The second kappa shape index (κ2) is 11.4. The number of aliphatic hydroxyl groups is 1. The molecule has 1 fully saturated rings. The summed E-state index contributed by atoms with van der Waals surface area (Å²) in [6, 6.07) is 18.4. The molecule has 0 saturated carbocycles. The van der Waals surface area contributed by atoms with Crippen LogP contribution in [0.25, 0.3) is 0 Å². The number of hydrogen-bond donors (Lipinski definition) is 1. The molecule has 0 amide bonds. The zero-order valence-electron chi connectivity index (χ0n) is 20.6. The molecule has 3 aromatic rings. The maximum Gasteiger partial charge on any atom is 0.136 e. The third-order valence-corrected chi connectivity index (χ3v) is 6.35. The fraction of sp³-hybridized carbons (Fsp3) is 0.429. The maximum absolute atomic E-state index is 10.5. The Labute approximate surface area is 203 Å². The highest BCUT2D eigenvalue weighted by Gasteiger charge is 2.24. The fourth-order valence-electron chi connectivity index (χ4n) is 4.48. The summed E-state index contributed by atoms with van der Waals surface area (Å²) in [6.45, 7) is 10.7. The zero-order valence-corrected chi connectivity index (χ0v) is 20.6. The van der Waals surface area contributed by atoms with E-state index in [1.165, 1.54) is 16.7 Å². The Morgan fingerprint density at radius 3 is 2.32 bits per heavy atom. The quantitative estimate of drug-likeness (QED) is 0.524. The van der Waals surface area contributed by atoms with E-state index < -0.39 is 6.10 Å². The van der Waals surface area contributed by atoms with Gasteiger partial charge in [-0.3, -0.25) is 4.90 Å². The van der Waals surface area contributed by atoms with Crippen molar-refractivity contribution in [2.75, 3.05) is 44.2 Å². The van der Waals surface area contributed by atoms with Gasteiger partial charge >= 0.3 is 0 Å². The number of ether oxygens (including phenoxy) is 1. The minimum atomic E-state index is -0.517. The zero-order chi connectivity index (χ0) is 23.9. The number of nitrogens with zero attached hydrogens (tertiary/aromatic N) is 4. The van der Waals surface area contributed by atoms with Gasteiger partial charge in [0.25, 0.3) is 0 Å². The normalized spacial score (nSPS) is 15.4. The molecule has 0 unspecified atom stereocenters. The summed E-state index contributed by atoms with van der Waals surface area (Å²) in [5, 5.41) is 10.5. The van der Waals surface area contributed by atoms with E-state index in [1.54, 1.807) is 0 Å². The molecule has 0 spiro atoms. The van der Waals surface area contributed by atoms with Crippen molar-refractivity contribution in [2.24, 2.45) is 0 Å². The Hall–Kier alpha value is -2.96. The number of benzene rings is 2. The van der Waals surface area contributed by atoms with Crippen LogP contribution >= 0.6 is 0 Å². The summed E-state index contributed by atoms with van der Waals surface area (Å²) >= 11 is 0. The standard InChI is InChI=1S/C28H36N4O2/c1-4-27-26(18-23-12-10-21(2)11-13-23)28(30-22(3)29-27)32-16-14-31(15-17-32)19-24(33)20-34-25-8-6-5-7-9-25/h5-13,24,33H,4,14-20H2,1-3H3/t24-/m1/s1. The number of anilines is 1. The molecular formula is C28H36N4O2. The number of aryl methyl sites for hydroxylation is 3. The molecule has 6 nitrogen and oxygen atoms in total. The lowest BCUT2D eigenvalue weighted by molar-refractivity contribution is 0.0662. The van der Waals surface area contributed by atoms with E-state index in [2.05, 4.69) is 47.9 Å². The van der Waals surface area contributed by atoms with Crippen molar-refractivity contribution in [1.82, 2.24) is 14.9 Å². The van der Waals surface area contributed by atoms with Crippen LogP contribution in [0.5, 0.6) is 5.75 Å². The fourth-order valence-corrected chi connectivity index (χ4v) is 4.48. The van der Waals surface area contributed by atoms with Crippen molar-refractivity contribution in [3.8, 4) is 5.75 Å². The van der Waals surface area contributed by atoms with Crippen LogP contribution in [0.3, 0.4) is 0 Å². The number of aromatic nitrogens is 2. The van der Waals surface area contributed by atoms with Gasteiger partial charge in [-0.2, -0.15) is 0 Å². The lowest BCUT2D eigenvalue weighted by atomic mass is 10.0. The molecule has 0 radical (unpaired) electrons. The molecule has 1 N–H and O–H groups in total. The highest BCUT2D eigenvalue weighted by atomic mass is 16.5. The molecule has 1 aliphatic rings. The number of piperazine rings is 1. The second-order valence-electron chi connectivity index (χ2n) is 9.10. The van der Waals surface area contributed by atoms with Crippen LogP contribution in [0, 0.1) is 13.8 Å². The molecular weight excluding hydrogens is 424 g/mol. The van der Waals surface area contributed by atoms with E-state index in [1.807, 2.05) is 37.3 Å². The molecule has 34 heavy (non-hydrogen) atoms. The number of β-amino-alcohol motifs (C(OH)–C–C–N with tert-alkyl or cyclic N) is 1. The van der Waals surface area contributed by atoms with Crippen LogP contribution in [0.15, 0.2) is 54.6 Å². The summed E-state index contributed by atoms with van der Waals surface area (Å²) in [7, 11) is 0. The van der Waals surface area contributed by atoms with Crippen LogP contribution < -0.4 is 9.64 Å². The van der Waals surface area contributed by atoms with Crippen molar-refractivity contribution in [3.63, 3.8) is 0 Å². The van der Waals surface area contributed by atoms with Gasteiger partial charge in [-0.05, 0) is 38.0 Å². The van der Waals surface area contributed by atoms with Gasteiger partial charge in [-0.1, -0.05) is 55.0 Å². The van der Waals surface area contributed by atoms with E-state index in [-0.39, 0.29) is 0 Å². The Morgan fingerprint density at radius 1 is 0.941 bits per heavy atom. The number of aliphatic hydroxyl groups excluding tert-OH is 1. The van der Waals surface area contributed by atoms with E-state index in [0.29, 0.717) is 13.2 Å². The van der Waals surface area contributed by atoms with Crippen molar-refractivity contribution < 1.29 is 9.84 Å². The lowest BCUT2D eigenvalue weighted by Crippen LogP contribution is -2.49. The molecule has 180 valence electrons. The highest BCUT2D eigenvalue weighted by molar-refractivity contribution is 5.52. The summed E-state index contributed by atoms with van der Waals surface area (Å²) in [5.74, 6) is 2.69. The van der Waals surface area contributed by atoms with Crippen molar-refractivity contribution in [3.05, 3.63) is 82.8 Å². The van der Waals surface area contributed by atoms with E-state index in [0.717, 1.165) is 62.1 Å². The van der Waals surface area contributed by atoms with Gasteiger partial charge in [-0.15, -0.1) is 0 Å². The summed E-state index contributed by atoms with van der Waals surface area (Å²) in [4.78, 5) is 14.4. The molecule has 1 saturated heterocycles. The van der Waals surface area contributed by atoms with Crippen LogP contribution in [0.2, 0.25) is 0 Å². The van der Waals surface area contributed by atoms with Gasteiger partial charge < -0.3 is 14.7 Å². The van der Waals surface area contributed by atoms with Gasteiger partial charge in [0.1, 0.15) is 30.1 Å². The minimum absolute atomic E-state index is 0.301. The van der Waals surface area contributed by atoms with Gasteiger partial charge in [-0.25, -0.2) is 9.97 Å². The first-order valence-electron chi connectivity index (χ1n) is 12.3. The predicted octanol–water partition coefficient (Wildman–Crippen LogP) is 3.81. The minimum Gasteiger partial charge on any atom is -0.491 e. The van der Waals surface area contributed by atoms with E-state index in [4.69, 9.17) is 14.7 Å². The number of rotatable bonds is 9. The van der Waals surface area contributed by atoms with E-state index in [9.17, 15) is 5.11 Å². The Kier molecular flexibility index (Phi) is 8.14. The highest BCUT2D eigenvalue weighted by Crippen LogP contribution is 2.26. The van der Waals surface area contributed by atoms with Crippen LogP contribution in [0.4, 0.5) is 5.82 Å². The van der Waals surface area contributed by atoms with Gasteiger partial charge in [0.2, 0.25) is 0 Å². The molecule has 0 aliphatic carbocycles. The Balaban J connectivity index is 1.39. The summed E-state index contributed by atoms with van der Waals surface area (Å²) in [6.07, 6.45) is 1.22. The third kappa shape index (κ3) is 6.33. The average Bonchev–Trinajstić information content (AvgIpc) is 2.86. The van der Waals surface area contributed by atoms with Crippen LogP contribution in [0.1, 0.15) is 35.1 Å². The van der Waals surface area contributed by atoms with Crippen LogP contribution in [-0.2, 0) is 12.8 Å². The molecule has 4 rings (SSSR count). The summed E-state index contributed by atoms with van der Waals surface area (Å²) in [5.41, 5.74) is 4.93. The van der Waals surface area contributed by atoms with Gasteiger partial charge in [0.05, 0.1) is 0 Å². The molecule has 0 bridgehead atoms. The van der Waals surface area contributed by atoms with Crippen LogP contribution in [-0.4, -0.2) is 65.4 Å². The SMILES string of the molecule is CCc1nc(C)nc(N2CCN(C[C@@H](O)COc3ccccc3)CC2)c1Cc1ccc(C)cc1. The van der Waals surface area contributed by atoms with Crippen molar-refractivity contribution >= 4 is 5.82 Å². The monoisotopic (exact) mass is 460 g/mol. The Bertz CT molecular complexity index is 1050. The van der Waals surface area contributed by atoms with Gasteiger partial charge in [0.15, 0.2) is 0 Å². The Morgan fingerprint density at radius 2 is 1.65 bits per heavy atom. The van der Waals surface area contributed by atoms with Crippen molar-refractivity contribution in [2.45, 2.75) is 39.7 Å². The molecule has 1 atom stereocenters. The van der Waals surface area contributed by atoms with Gasteiger partial charge in [0, 0.05) is 50.4 Å². The lowest BCUT2D eigenvalue weighted by Gasteiger charge is -2.37. The first kappa shape index (κ1) is 24.2. The molecule has 6 heteroatoms. The summed E-state index contributed by atoms with van der Waals surface area (Å²) < 4.78 is 5.71. The number of hydrogen-bond acceptors (Lipinski definition) is 6. The number of para-hydroxylation sites is 1. The maximum atomic E-state index is 10.5.